The van der Waals surface area contributed by atoms with Gasteiger partial charge in [0.1, 0.15) is 17.5 Å². The lowest BCUT2D eigenvalue weighted by molar-refractivity contribution is -0.120. The van der Waals surface area contributed by atoms with Crippen LogP contribution < -0.4 is 15.5 Å². The number of amides is 1. The van der Waals surface area contributed by atoms with Crippen LogP contribution in [0, 0.1) is 6.92 Å². The Balaban J connectivity index is 1.48. The van der Waals surface area contributed by atoms with Gasteiger partial charge in [-0.15, -0.1) is 0 Å². The number of aryl methyl sites for hydroxylation is 1. The van der Waals surface area contributed by atoms with Crippen molar-refractivity contribution in [3.63, 3.8) is 0 Å². The van der Waals surface area contributed by atoms with Gasteiger partial charge in [0.15, 0.2) is 0 Å². The van der Waals surface area contributed by atoms with Gasteiger partial charge in [-0.1, -0.05) is 18.2 Å². The number of fused-ring (bicyclic) bond motifs is 1. The molecule has 0 saturated heterocycles. The fourth-order valence-corrected chi connectivity index (χ4v) is 2.78. The molecule has 2 aromatic heterocycles. The average molecular weight is 352 g/mol. The number of carbonyl (C=O) groups is 1. The van der Waals surface area contributed by atoms with E-state index in [2.05, 4.69) is 25.6 Å². The van der Waals surface area contributed by atoms with Crippen LogP contribution in [0.2, 0.25) is 0 Å². The molecule has 0 spiro atoms. The summed E-state index contributed by atoms with van der Waals surface area (Å²) in [7, 11) is 3.88. The number of hydrogen-bond acceptors (Lipinski definition) is 5. The first-order valence-electron chi connectivity index (χ1n) is 8.61. The number of nitrogens with zero attached hydrogens (tertiary/aromatic N) is 3. The highest BCUT2D eigenvalue weighted by molar-refractivity contribution is 5.88. The smallest absolute Gasteiger partial charge is 0.224 e. The second-order valence-electron chi connectivity index (χ2n) is 6.37. The van der Waals surface area contributed by atoms with Crippen LogP contribution in [0.4, 0.5) is 11.6 Å². The van der Waals surface area contributed by atoms with Crippen molar-refractivity contribution < 1.29 is 4.79 Å². The zero-order valence-electron chi connectivity index (χ0n) is 15.3. The number of para-hydroxylation sites is 1. The maximum Gasteiger partial charge on any atom is 0.224 e. The molecule has 26 heavy (non-hydrogen) atoms. The number of aromatic amines is 1. The van der Waals surface area contributed by atoms with Crippen molar-refractivity contribution in [3.05, 3.63) is 47.9 Å². The molecule has 7 nitrogen and oxygen atoms in total. The molecule has 1 aromatic carbocycles. The second kappa shape index (κ2) is 7.86. The number of hydrogen-bond donors (Lipinski definition) is 3. The highest BCUT2D eigenvalue weighted by atomic mass is 16.1. The summed E-state index contributed by atoms with van der Waals surface area (Å²) in [5.41, 5.74) is 2.06. The van der Waals surface area contributed by atoms with Crippen molar-refractivity contribution >= 4 is 28.4 Å². The van der Waals surface area contributed by atoms with E-state index in [1.807, 2.05) is 62.4 Å². The van der Waals surface area contributed by atoms with Crippen LogP contribution >= 0.6 is 0 Å². The van der Waals surface area contributed by atoms with Gasteiger partial charge in [-0.25, -0.2) is 9.97 Å². The van der Waals surface area contributed by atoms with Crippen LogP contribution in [0.15, 0.2) is 36.5 Å². The SMILES string of the molecule is Cc1nc(NCCNC(=O)Cc2c[nH]c3ccccc23)cc(N(C)C)n1. The molecule has 0 radical (unpaired) electrons. The highest BCUT2D eigenvalue weighted by Crippen LogP contribution is 2.18. The summed E-state index contributed by atoms with van der Waals surface area (Å²) >= 11 is 0. The van der Waals surface area contributed by atoms with Gasteiger partial charge in [-0.2, -0.15) is 0 Å². The predicted molar refractivity (Wildman–Crippen MR) is 105 cm³/mol. The molecule has 0 fully saturated rings. The van der Waals surface area contributed by atoms with Crippen LogP contribution in [0.25, 0.3) is 10.9 Å². The van der Waals surface area contributed by atoms with E-state index in [0.717, 1.165) is 28.1 Å². The molecule has 0 unspecified atom stereocenters. The predicted octanol–water partition coefficient (Wildman–Crippen LogP) is 2.10. The van der Waals surface area contributed by atoms with Gasteiger partial charge in [0.25, 0.3) is 0 Å². The van der Waals surface area contributed by atoms with Gasteiger partial charge in [-0.3, -0.25) is 4.79 Å². The molecule has 136 valence electrons. The number of anilines is 2. The van der Waals surface area contributed by atoms with Crippen molar-refractivity contribution in [1.29, 1.82) is 0 Å². The number of aromatic nitrogens is 3. The van der Waals surface area contributed by atoms with Crippen LogP contribution in [0.3, 0.4) is 0 Å². The Morgan fingerprint density at radius 2 is 2.00 bits per heavy atom. The van der Waals surface area contributed by atoms with E-state index in [0.29, 0.717) is 25.3 Å². The highest BCUT2D eigenvalue weighted by Gasteiger charge is 2.08. The first kappa shape index (κ1) is 17.7. The molecule has 0 aliphatic rings. The van der Waals surface area contributed by atoms with E-state index >= 15 is 0 Å². The minimum absolute atomic E-state index is 0.00408. The number of benzene rings is 1. The molecule has 0 aliphatic carbocycles. The molecule has 2 heterocycles. The van der Waals surface area contributed by atoms with E-state index in [-0.39, 0.29) is 5.91 Å². The van der Waals surface area contributed by atoms with E-state index in [4.69, 9.17) is 0 Å². The van der Waals surface area contributed by atoms with Crippen molar-refractivity contribution in [1.82, 2.24) is 20.3 Å². The summed E-state index contributed by atoms with van der Waals surface area (Å²) < 4.78 is 0. The summed E-state index contributed by atoms with van der Waals surface area (Å²) in [5.74, 6) is 2.32. The van der Waals surface area contributed by atoms with E-state index < -0.39 is 0 Å². The van der Waals surface area contributed by atoms with Crippen LogP contribution in [-0.4, -0.2) is 48.0 Å². The van der Waals surface area contributed by atoms with Gasteiger partial charge >= 0.3 is 0 Å². The molecule has 0 atom stereocenters. The number of rotatable bonds is 7. The molecule has 3 N–H and O–H groups in total. The van der Waals surface area contributed by atoms with E-state index in [1.54, 1.807) is 0 Å². The third kappa shape index (κ3) is 4.30. The summed E-state index contributed by atoms with van der Waals surface area (Å²) in [4.78, 5) is 26.0. The third-order valence-corrected chi connectivity index (χ3v) is 4.06. The molecule has 3 aromatic rings. The zero-order chi connectivity index (χ0) is 18.5. The van der Waals surface area contributed by atoms with Gasteiger partial charge < -0.3 is 20.5 Å². The molecule has 7 heteroatoms. The van der Waals surface area contributed by atoms with Gasteiger partial charge in [0.05, 0.1) is 6.42 Å². The Bertz CT molecular complexity index is 902. The Kier molecular flexibility index (Phi) is 5.36. The van der Waals surface area contributed by atoms with Crippen molar-refractivity contribution in [2.75, 3.05) is 37.4 Å². The lowest BCUT2D eigenvalue weighted by atomic mass is 10.1. The quantitative estimate of drug-likeness (QED) is 0.567. The Labute approximate surface area is 152 Å². The lowest BCUT2D eigenvalue weighted by Crippen LogP contribution is -2.30. The Morgan fingerprint density at radius 3 is 2.81 bits per heavy atom. The van der Waals surface area contributed by atoms with Crippen molar-refractivity contribution in [2.24, 2.45) is 0 Å². The summed E-state index contributed by atoms with van der Waals surface area (Å²) in [5, 5.41) is 7.26. The Morgan fingerprint density at radius 1 is 1.19 bits per heavy atom. The first-order valence-corrected chi connectivity index (χ1v) is 8.61. The minimum atomic E-state index is 0.00408. The second-order valence-corrected chi connectivity index (χ2v) is 6.37. The molecule has 0 bridgehead atoms. The van der Waals surface area contributed by atoms with Crippen LogP contribution in [-0.2, 0) is 11.2 Å². The third-order valence-electron chi connectivity index (χ3n) is 4.06. The fraction of sp³-hybridized carbons (Fsp3) is 0.316. The number of nitrogens with one attached hydrogen (secondary N) is 3. The minimum Gasteiger partial charge on any atom is -0.368 e. The van der Waals surface area contributed by atoms with Gasteiger partial charge in [0.2, 0.25) is 5.91 Å². The topological polar surface area (TPSA) is 85.9 Å². The average Bonchev–Trinajstić information content (AvgIpc) is 3.01. The maximum absolute atomic E-state index is 12.2. The molecular weight excluding hydrogens is 328 g/mol. The normalized spacial score (nSPS) is 10.7. The largest absolute Gasteiger partial charge is 0.368 e. The zero-order valence-corrected chi connectivity index (χ0v) is 15.3. The lowest BCUT2D eigenvalue weighted by Gasteiger charge is -2.14. The summed E-state index contributed by atoms with van der Waals surface area (Å²) in [6.45, 7) is 2.99. The molecule has 0 aliphatic heterocycles. The number of carbonyl (C=O) groups excluding carboxylic acids is 1. The number of H-pyrrole nitrogens is 1. The van der Waals surface area contributed by atoms with E-state index in [1.165, 1.54) is 0 Å². The van der Waals surface area contributed by atoms with E-state index in [9.17, 15) is 4.79 Å². The first-order chi connectivity index (χ1) is 12.5. The monoisotopic (exact) mass is 352 g/mol. The van der Waals surface area contributed by atoms with Crippen LogP contribution in [0.1, 0.15) is 11.4 Å². The van der Waals surface area contributed by atoms with Crippen molar-refractivity contribution in [2.45, 2.75) is 13.3 Å². The maximum atomic E-state index is 12.2. The standard InChI is InChI=1S/C19H24N6O/c1-13-23-17(11-18(24-13)25(2)3)20-8-9-21-19(26)10-14-12-22-16-7-5-4-6-15(14)16/h4-7,11-12,22H,8-10H2,1-3H3,(H,21,26)(H,20,23,24). The summed E-state index contributed by atoms with van der Waals surface area (Å²) in [6.07, 6.45) is 2.26. The van der Waals surface area contributed by atoms with Crippen LogP contribution in [0.5, 0.6) is 0 Å². The molecular formula is C19H24N6O. The molecule has 1 amide bonds. The Hall–Kier alpha value is -3.09. The van der Waals surface area contributed by atoms with Crippen molar-refractivity contribution in [3.8, 4) is 0 Å². The fourth-order valence-electron chi connectivity index (χ4n) is 2.78. The summed E-state index contributed by atoms with van der Waals surface area (Å²) in [6, 6.07) is 9.88. The molecule has 3 rings (SSSR count). The molecule has 0 saturated carbocycles. The van der Waals surface area contributed by atoms with Gasteiger partial charge in [0, 0.05) is 50.4 Å². The van der Waals surface area contributed by atoms with Gasteiger partial charge in [-0.05, 0) is 18.6 Å².